The largest absolute Gasteiger partial charge is 0.463 e. The lowest BCUT2D eigenvalue weighted by Gasteiger charge is -2.43. The predicted octanol–water partition coefficient (Wildman–Crippen LogP) is 0.641. The first kappa shape index (κ1) is 25.1. The fraction of sp³-hybridized carbons (Fsp3) is 0.524. The van der Waals surface area contributed by atoms with Crippen molar-refractivity contribution in [1.29, 1.82) is 0 Å². The fourth-order valence-electron chi connectivity index (χ4n) is 3.09. The molecule has 11 heteroatoms. The van der Waals surface area contributed by atoms with E-state index >= 15 is 0 Å². The summed E-state index contributed by atoms with van der Waals surface area (Å²) < 4.78 is 32.6. The molecule has 0 bridgehead atoms. The van der Waals surface area contributed by atoms with Crippen LogP contribution in [0.25, 0.3) is 0 Å². The molecule has 1 aliphatic heterocycles. The summed E-state index contributed by atoms with van der Waals surface area (Å²) in [7, 11) is 0. The second kappa shape index (κ2) is 11.4. The van der Waals surface area contributed by atoms with E-state index in [1.165, 1.54) is 6.92 Å². The average Bonchev–Trinajstić information content (AvgIpc) is 2.70. The first-order chi connectivity index (χ1) is 15.1. The third kappa shape index (κ3) is 7.20. The minimum atomic E-state index is -1.31. The molecule has 0 saturated carbocycles. The van der Waals surface area contributed by atoms with E-state index in [0.29, 0.717) is 11.3 Å². The van der Waals surface area contributed by atoms with Crippen LogP contribution in [0.1, 0.15) is 33.3 Å². The van der Waals surface area contributed by atoms with E-state index in [4.69, 9.17) is 28.4 Å². The number of rotatable bonds is 8. The molecule has 0 radical (unpaired) electrons. The number of hydrogen-bond acceptors (Lipinski definition) is 11. The van der Waals surface area contributed by atoms with Gasteiger partial charge in [0, 0.05) is 27.7 Å². The summed E-state index contributed by atoms with van der Waals surface area (Å²) in [4.78, 5) is 46.6. The number of esters is 4. The Morgan fingerprint density at radius 2 is 1.34 bits per heavy atom. The van der Waals surface area contributed by atoms with Gasteiger partial charge in [-0.2, -0.15) is 0 Å². The minimum Gasteiger partial charge on any atom is -0.463 e. The third-order valence-corrected chi connectivity index (χ3v) is 4.31. The van der Waals surface area contributed by atoms with E-state index in [0.717, 1.165) is 20.8 Å². The van der Waals surface area contributed by atoms with E-state index in [1.807, 2.05) is 0 Å². The second-order valence-electron chi connectivity index (χ2n) is 6.99. The maximum Gasteiger partial charge on any atom is 0.303 e. The van der Waals surface area contributed by atoms with Crippen LogP contribution in [0.5, 0.6) is 5.75 Å². The zero-order valence-electron chi connectivity index (χ0n) is 18.1. The van der Waals surface area contributed by atoms with Crippen LogP contribution in [0, 0.1) is 0 Å². The second-order valence-corrected chi connectivity index (χ2v) is 6.99. The summed E-state index contributed by atoms with van der Waals surface area (Å²) >= 11 is 0. The molecule has 1 saturated heterocycles. The first-order valence-corrected chi connectivity index (χ1v) is 9.77. The number of hydrogen-bond donors (Lipinski definition) is 1. The molecule has 1 N–H and O–H groups in total. The van der Waals surface area contributed by atoms with Gasteiger partial charge in [0.15, 0.2) is 12.2 Å². The quantitative estimate of drug-likeness (QED) is 0.436. The predicted molar refractivity (Wildman–Crippen MR) is 105 cm³/mol. The van der Waals surface area contributed by atoms with Crippen LogP contribution in [-0.4, -0.2) is 66.3 Å². The highest BCUT2D eigenvalue weighted by Crippen LogP contribution is 2.31. The van der Waals surface area contributed by atoms with Crippen molar-refractivity contribution in [2.24, 2.45) is 0 Å². The van der Waals surface area contributed by atoms with Crippen molar-refractivity contribution < 1.29 is 52.7 Å². The Hall–Kier alpha value is -3.18. The molecule has 11 nitrogen and oxygen atoms in total. The molecule has 1 heterocycles. The summed E-state index contributed by atoms with van der Waals surface area (Å²) in [6.07, 6.45) is -6.28. The molecule has 0 unspecified atom stereocenters. The van der Waals surface area contributed by atoms with Gasteiger partial charge in [-0.25, -0.2) is 0 Å². The zero-order valence-corrected chi connectivity index (χ0v) is 18.1. The van der Waals surface area contributed by atoms with Gasteiger partial charge < -0.3 is 33.5 Å². The van der Waals surface area contributed by atoms with Gasteiger partial charge in [0.2, 0.25) is 12.4 Å². The summed E-state index contributed by atoms with van der Waals surface area (Å²) in [5.74, 6) is -2.49. The molecule has 0 aliphatic carbocycles. The molecule has 0 amide bonds. The topological polar surface area (TPSA) is 144 Å². The molecule has 1 aromatic rings. The van der Waals surface area contributed by atoms with Crippen LogP contribution in [0.3, 0.4) is 0 Å². The molecule has 5 atom stereocenters. The van der Waals surface area contributed by atoms with Gasteiger partial charge in [0.25, 0.3) is 0 Å². The number of aliphatic hydroxyl groups excluding tert-OH is 1. The average molecular weight is 454 g/mol. The maximum absolute atomic E-state index is 11.8. The van der Waals surface area contributed by atoms with Gasteiger partial charge in [-0.05, 0) is 17.7 Å². The van der Waals surface area contributed by atoms with Crippen LogP contribution in [-0.2, 0) is 49.5 Å². The smallest absolute Gasteiger partial charge is 0.303 e. The Morgan fingerprint density at radius 1 is 0.812 bits per heavy atom. The van der Waals surface area contributed by atoms with Crippen LogP contribution < -0.4 is 4.74 Å². The summed E-state index contributed by atoms with van der Waals surface area (Å²) in [5.41, 5.74) is 0.638. The van der Waals surface area contributed by atoms with Crippen molar-refractivity contribution >= 4 is 23.9 Å². The monoisotopic (exact) mass is 454 g/mol. The van der Waals surface area contributed by atoms with E-state index in [-0.39, 0.29) is 13.2 Å². The van der Waals surface area contributed by atoms with Crippen LogP contribution >= 0.6 is 0 Å². The number of aliphatic hydroxyl groups is 1. The molecular formula is C21H26O11. The Labute approximate surface area is 184 Å². The van der Waals surface area contributed by atoms with Crippen molar-refractivity contribution in [3.8, 4) is 5.75 Å². The maximum atomic E-state index is 11.8. The number of carbonyl (C=O) groups is 4. The SMILES string of the molecule is CC(=O)OC[C@H]1O[C@@H](Oc2ccc(CO)cc2)[C@H](OC(C)=O)[C@@H](OC(C)=O)[C@H]1OC(C)=O. The van der Waals surface area contributed by atoms with E-state index in [2.05, 4.69) is 0 Å². The molecule has 32 heavy (non-hydrogen) atoms. The third-order valence-electron chi connectivity index (χ3n) is 4.31. The summed E-state index contributed by atoms with van der Waals surface area (Å²) in [6.45, 7) is 4.09. The van der Waals surface area contributed by atoms with Crippen molar-refractivity contribution in [3.05, 3.63) is 29.8 Å². The van der Waals surface area contributed by atoms with Gasteiger partial charge >= 0.3 is 23.9 Å². The Bertz CT molecular complexity index is 820. The van der Waals surface area contributed by atoms with Crippen molar-refractivity contribution in [3.63, 3.8) is 0 Å². The van der Waals surface area contributed by atoms with E-state index < -0.39 is 54.6 Å². The van der Waals surface area contributed by atoms with Crippen LogP contribution in [0.15, 0.2) is 24.3 Å². The van der Waals surface area contributed by atoms with Gasteiger partial charge in [-0.15, -0.1) is 0 Å². The molecule has 1 fully saturated rings. The number of ether oxygens (including phenoxy) is 6. The van der Waals surface area contributed by atoms with Crippen LogP contribution in [0.2, 0.25) is 0 Å². The minimum absolute atomic E-state index is 0.167. The molecule has 0 aromatic heterocycles. The first-order valence-electron chi connectivity index (χ1n) is 9.77. The highest BCUT2D eigenvalue weighted by atomic mass is 16.7. The molecule has 2 rings (SSSR count). The fourth-order valence-corrected chi connectivity index (χ4v) is 3.09. The van der Waals surface area contributed by atoms with Crippen LogP contribution in [0.4, 0.5) is 0 Å². The molecule has 176 valence electrons. The van der Waals surface area contributed by atoms with Crippen molar-refractivity contribution in [1.82, 2.24) is 0 Å². The lowest BCUT2D eigenvalue weighted by atomic mass is 9.98. The summed E-state index contributed by atoms with van der Waals surface area (Å²) in [6, 6.07) is 6.33. The van der Waals surface area contributed by atoms with Crippen molar-refractivity contribution in [2.75, 3.05) is 6.61 Å². The van der Waals surface area contributed by atoms with E-state index in [9.17, 15) is 24.3 Å². The normalized spacial score (nSPS) is 24.7. The summed E-state index contributed by atoms with van der Waals surface area (Å²) in [5, 5.41) is 9.20. The molecule has 1 aliphatic rings. The Kier molecular flexibility index (Phi) is 8.97. The van der Waals surface area contributed by atoms with Gasteiger partial charge in [0.05, 0.1) is 6.61 Å². The highest BCUT2D eigenvalue weighted by Gasteiger charge is 2.53. The number of benzene rings is 1. The van der Waals surface area contributed by atoms with E-state index in [1.54, 1.807) is 24.3 Å². The zero-order chi connectivity index (χ0) is 23.8. The van der Waals surface area contributed by atoms with Gasteiger partial charge in [0.1, 0.15) is 18.5 Å². The van der Waals surface area contributed by atoms with Gasteiger partial charge in [-0.1, -0.05) is 12.1 Å². The highest BCUT2D eigenvalue weighted by molar-refractivity contribution is 5.68. The molecule has 1 aromatic carbocycles. The lowest BCUT2D eigenvalue weighted by molar-refractivity contribution is -0.288. The molecular weight excluding hydrogens is 428 g/mol. The van der Waals surface area contributed by atoms with Crippen molar-refractivity contribution in [2.45, 2.75) is 65.0 Å². The number of carbonyl (C=O) groups excluding carboxylic acids is 4. The van der Waals surface area contributed by atoms with Gasteiger partial charge in [-0.3, -0.25) is 19.2 Å². The standard InChI is InChI=1S/C21H26O11/c1-11(23)27-10-17-18(28-12(2)24)19(29-13(3)25)20(30-14(4)26)21(32-17)31-16-7-5-15(9-22)6-8-16/h5-8,17-22H,9-10H2,1-4H3/t17-,18+,19+,20-,21-/m1/s1. The Balaban J connectivity index is 2.42. The Morgan fingerprint density at radius 3 is 1.84 bits per heavy atom. The molecule has 0 spiro atoms. The lowest BCUT2D eigenvalue weighted by Crippen LogP contribution is -2.63.